The second-order valence-corrected chi connectivity index (χ2v) is 10.3. The zero-order valence-corrected chi connectivity index (χ0v) is 21.2. The van der Waals surface area contributed by atoms with Crippen LogP contribution < -0.4 is 0 Å². The third kappa shape index (κ3) is 4.38. The lowest BCUT2D eigenvalue weighted by molar-refractivity contribution is 0.0355. The number of likely N-dealkylation sites (tertiary alicyclic amines) is 1. The van der Waals surface area contributed by atoms with Crippen molar-refractivity contribution in [1.29, 1.82) is 0 Å². The monoisotopic (exact) mass is 506 g/mol. The Kier molecular flexibility index (Phi) is 6.79. The molecule has 0 N–H and O–H groups in total. The molecule has 0 radical (unpaired) electrons. The molecule has 3 unspecified atom stereocenters. The Balaban J connectivity index is 1.55. The van der Waals surface area contributed by atoms with Gasteiger partial charge >= 0.3 is 0 Å². The van der Waals surface area contributed by atoms with Gasteiger partial charge < -0.3 is 14.2 Å². The van der Waals surface area contributed by atoms with Crippen molar-refractivity contribution in [3.05, 3.63) is 72.4 Å². The molecule has 36 heavy (non-hydrogen) atoms. The minimum Gasteiger partial charge on any atom is -0.612 e. The second-order valence-electron chi connectivity index (χ2n) is 8.95. The van der Waals surface area contributed by atoms with Crippen LogP contribution in [0.2, 0.25) is 0 Å². The molecule has 0 bridgehead atoms. The van der Waals surface area contributed by atoms with Crippen molar-refractivity contribution in [1.82, 2.24) is 19.4 Å². The Bertz CT molecular complexity index is 1410. The predicted octanol–water partition coefficient (Wildman–Crippen LogP) is 4.60. The molecule has 0 aliphatic carbocycles. The summed E-state index contributed by atoms with van der Waals surface area (Å²) in [5.41, 5.74) is 2.18. The molecule has 0 saturated carbocycles. The molecule has 7 nitrogen and oxygen atoms in total. The normalized spacial score (nSPS) is 17.5. The molecule has 1 aliphatic heterocycles. The molecule has 1 saturated heterocycles. The van der Waals surface area contributed by atoms with Gasteiger partial charge in [0.1, 0.15) is 12.1 Å². The smallest absolute Gasteiger partial charge is 0.254 e. The average molecular weight is 507 g/mol. The zero-order chi connectivity index (χ0) is 25.4. The SMILES string of the molecule is COC(C)C1CCCN1C(=O)c1ccc2c([S+](C)[O-])cn(-c3ncc(-c4ccccc4F)cn3)c2c1. The first kappa shape index (κ1) is 24.4. The molecule has 4 aromatic rings. The van der Waals surface area contributed by atoms with Crippen LogP contribution in [0.25, 0.3) is 28.0 Å². The minimum absolute atomic E-state index is 0.0259. The van der Waals surface area contributed by atoms with Gasteiger partial charge in [-0.3, -0.25) is 9.36 Å². The van der Waals surface area contributed by atoms with Crippen molar-refractivity contribution in [2.75, 3.05) is 19.9 Å². The van der Waals surface area contributed by atoms with Gasteiger partial charge in [-0.15, -0.1) is 0 Å². The molecule has 5 rings (SSSR count). The molecule has 1 fully saturated rings. The zero-order valence-electron chi connectivity index (χ0n) is 20.3. The summed E-state index contributed by atoms with van der Waals surface area (Å²) >= 11 is -1.26. The first-order chi connectivity index (χ1) is 17.4. The fourth-order valence-corrected chi connectivity index (χ4v) is 5.60. The van der Waals surface area contributed by atoms with E-state index in [0.29, 0.717) is 39.6 Å². The van der Waals surface area contributed by atoms with Crippen LogP contribution in [0.1, 0.15) is 30.1 Å². The van der Waals surface area contributed by atoms with Crippen molar-refractivity contribution >= 4 is 28.0 Å². The number of aromatic nitrogens is 3. The van der Waals surface area contributed by atoms with Gasteiger partial charge in [-0.05, 0) is 55.2 Å². The summed E-state index contributed by atoms with van der Waals surface area (Å²) in [5, 5.41) is 0.761. The van der Waals surface area contributed by atoms with E-state index in [0.717, 1.165) is 18.2 Å². The van der Waals surface area contributed by atoms with E-state index in [9.17, 15) is 13.7 Å². The highest BCUT2D eigenvalue weighted by molar-refractivity contribution is 7.91. The molecule has 0 spiro atoms. The van der Waals surface area contributed by atoms with E-state index in [1.54, 1.807) is 66.9 Å². The summed E-state index contributed by atoms with van der Waals surface area (Å²) in [7, 11) is 1.66. The number of fused-ring (bicyclic) bond motifs is 1. The molecule has 1 amide bonds. The van der Waals surface area contributed by atoms with Gasteiger partial charge in [0.15, 0.2) is 4.90 Å². The number of amides is 1. The van der Waals surface area contributed by atoms with Crippen molar-refractivity contribution in [2.24, 2.45) is 0 Å². The van der Waals surface area contributed by atoms with E-state index in [1.165, 1.54) is 6.07 Å². The minimum atomic E-state index is -1.26. The number of nitrogens with zero attached hydrogens (tertiary/aromatic N) is 4. The van der Waals surface area contributed by atoms with Crippen LogP contribution in [0.3, 0.4) is 0 Å². The molecule has 1 aliphatic rings. The Hall–Kier alpha value is -3.27. The van der Waals surface area contributed by atoms with Crippen LogP contribution in [0.15, 0.2) is 66.0 Å². The van der Waals surface area contributed by atoms with E-state index < -0.39 is 11.2 Å². The molecule has 3 atom stereocenters. The van der Waals surface area contributed by atoms with Gasteiger partial charge in [-0.1, -0.05) is 18.2 Å². The van der Waals surface area contributed by atoms with E-state index in [1.807, 2.05) is 17.9 Å². The molecule has 186 valence electrons. The van der Waals surface area contributed by atoms with Gasteiger partial charge in [0.2, 0.25) is 5.95 Å². The Morgan fingerprint density at radius 2 is 1.97 bits per heavy atom. The molecular weight excluding hydrogens is 479 g/mol. The third-order valence-electron chi connectivity index (χ3n) is 6.84. The molecule has 2 aromatic carbocycles. The van der Waals surface area contributed by atoms with Crippen LogP contribution in [0.4, 0.5) is 4.39 Å². The van der Waals surface area contributed by atoms with Crippen molar-refractivity contribution < 1.29 is 18.5 Å². The summed E-state index contributed by atoms with van der Waals surface area (Å²) in [6.07, 6.45) is 8.25. The second kappa shape index (κ2) is 10.0. The van der Waals surface area contributed by atoms with Gasteiger partial charge in [0.05, 0.1) is 29.2 Å². The number of carbonyl (C=O) groups excluding carboxylic acids is 1. The highest BCUT2D eigenvalue weighted by Crippen LogP contribution is 2.31. The number of hydrogen-bond donors (Lipinski definition) is 0. The van der Waals surface area contributed by atoms with Gasteiger partial charge in [0, 0.05) is 42.7 Å². The maximum absolute atomic E-state index is 14.2. The Labute approximate surface area is 212 Å². The quantitative estimate of drug-likeness (QED) is 0.357. The van der Waals surface area contributed by atoms with Gasteiger partial charge in [0.25, 0.3) is 5.91 Å². The summed E-state index contributed by atoms with van der Waals surface area (Å²) < 4.78 is 33.9. The number of benzene rings is 2. The van der Waals surface area contributed by atoms with Crippen molar-refractivity contribution in [2.45, 2.75) is 36.8 Å². The van der Waals surface area contributed by atoms with Crippen LogP contribution >= 0.6 is 0 Å². The average Bonchev–Trinajstić information content (AvgIpc) is 3.53. The first-order valence-corrected chi connectivity index (χ1v) is 13.3. The number of ether oxygens (including phenoxy) is 1. The molecular formula is C27H27FN4O3S. The molecule has 2 aromatic heterocycles. The van der Waals surface area contributed by atoms with E-state index in [-0.39, 0.29) is 23.9 Å². The summed E-state index contributed by atoms with van der Waals surface area (Å²) in [6, 6.07) is 11.9. The standard InChI is InChI=1S/C27H27FN4O3S/c1-17(35-2)23-9-6-12-31(23)26(33)18-10-11-21-24(13-18)32(16-25(21)36(3)34)27-29-14-19(15-30-27)20-7-4-5-8-22(20)28/h4-5,7-8,10-11,13-17,23H,6,9,12H2,1-3H3. The summed E-state index contributed by atoms with van der Waals surface area (Å²) in [4.78, 5) is 24.9. The lowest BCUT2D eigenvalue weighted by Gasteiger charge is -2.28. The van der Waals surface area contributed by atoms with E-state index in [2.05, 4.69) is 9.97 Å². The Morgan fingerprint density at radius 3 is 2.67 bits per heavy atom. The van der Waals surface area contributed by atoms with Crippen molar-refractivity contribution in [3.63, 3.8) is 0 Å². The summed E-state index contributed by atoms with van der Waals surface area (Å²) in [5.74, 6) is -0.0745. The largest absolute Gasteiger partial charge is 0.612 e. The van der Waals surface area contributed by atoms with Crippen LogP contribution in [0, 0.1) is 5.82 Å². The lowest BCUT2D eigenvalue weighted by atomic mass is 10.1. The predicted molar refractivity (Wildman–Crippen MR) is 137 cm³/mol. The number of halogens is 1. The first-order valence-electron chi connectivity index (χ1n) is 11.8. The van der Waals surface area contributed by atoms with Crippen LogP contribution in [-0.2, 0) is 15.9 Å². The third-order valence-corrected chi connectivity index (χ3v) is 7.78. The maximum atomic E-state index is 14.2. The lowest BCUT2D eigenvalue weighted by Crippen LogP contribution is -2.42. The summed E-state index contributed by atoms with van der Waals surface area (Å²) in [6.45, 7) is 2.66. The van der Waals surface area contributed by atoms with Crippen LogP contribution in [-0.4, -0.2) is 62.0 Å². The van der Waals surface area contributed by atoms with Gasteiger partial charge in [-0.2, -0.15) is 0 Å². The fraction of sp³-hybridized carbons (Fsp3) is 0.296. The van der Waals surface area contributed by atoms with E-state index >= 15 is 0 Å². The van der Waals surface area contributed by atoms with Crippen LogP contribution in [0.5, 0.6) is 0 Å². The molecule has 3 heterocycles. The van der Waals surface area contributed by atoms with E-state index in [4.69, 9.17) is 4.74 Å². The maximum Gasteiger partial charge on any atom is 0.254 e. The number of hydrogen-bond acceptors (Lipinski definition) is 5. The topological polar surface area (TPSA) is 83.3 Å². The fourth-order valence-electron chi connectivity index (χ4n) is 4.86. The highest BCUT2D eigenvalue weighted by Gasteiger charge is 2.33. The van der Waals surface area contributed by atoms with Crippen molar-refractivity contribution in [3.8, 4) is 17.1 Å². The highest BCUT2D eigenvalue weighted by atomic mass is 32.2. The van der Waals surface area contributed by atoms with Gasteiger partial charge in [-0.25, -0.2) is 14.4 Å². The number of carbonyl (C=O) groups is 1. The number of rotatable bonds is 6. The Morgan fingerprint density at radius 1 is 1.22 bits per heavy atom. The molecule has 9 heteroatoms. The number of methoxy groups -OCH3 is 1.